The van der Waals surface area contributed by atoms with Gasteiger partial charge in [0.15, 0.2) is 0 Å². The topological polar surface area (TPSA) is 3.24 Å². The van der Waals surface area contributed by atoms with E-state index in [0.29, 0.717) is 0 Å². The van der Waals surface area contributed by atoms with Gasteiger partial charge >= 0.3 is 0 Å². The second-order valence-corrected chi connectivity index (χ2v) is 16.1. The maximum absolute atomic E-state index is 2.49. The first kappa shape index (κ1) is 34.3. The summed E-state index contributed by atoms with van der Waals surface area (Å²) in [6, 6.07) is 76.3. The fourth-order valence-corrected chi connectivity index (χ4v) is 9.72. The summed E-state index contributed by atoms with van der Waals surface area (Å²) in [5.74, 6) is 1.48. The molecule has 0 heterocycles. The van der Waals surface area contributed by atoms with Crippen LogP contribution in [0.25, 0.3) is 39.0 Å². The third kappa shape index (κ3) is 5.94. The molecule has 1 heteroatoms. The Morgan fingerprint density at radius 3 is 1.88 bits per heavy atom. The zero-order valence-corrected chi connectivity index (χ0v) is 32.4. The molecule has 1 nitrogen and oxygen atoms in total. The van der Waals surface area contributed by atoms with Gasteiger partial charge in [-0.05, 0) is 122 Å². The molecular formula is C57H43N. The minimum absolute atomic E-state index is 0.382. The Balaban J connectivity index is 1.08. The predicted octanol–water partition coefficient (Wildman–Crippen LogP) is 14.6. The van der Waals surface area contributed by atoms with Crippen LogP contribution in [0.1, 0.15) is 34.2 Å². The first-order chi connectivity index (χ1) is 28.7. The van der Waals surface area contributed by atoms with Crippen LogP contribution in [0.4, 0.5) is 17.1 Å². The van der Waals surface area contributed by atoms with Crippen LogP contribution in [-0.2, 0) is 11.8 Å². The van der Waals surface area contributed by atoms with Crippen LogP contribution in [0.2, 0.25) is 0 Å². The second-order valence-electron chi connectivity index (χ2n) is 16.1. The van der Waals surface area contributed by atoms with Crippen molar-refractivity contribution < 1.29 is 0 Å². The quantitative estimate of drug-likeness (QED) is 0.142. The summed E-state index contributed by atoms with van der Waals surface area (Å²) in [5, 5.41) is 0. The van der Waals surface area contributed by atoms with E-state index in [-0.39, 0.29) is 5.41 Å². The molecule has 1 fully saturated rings. The SMILES string of the molecule is C1=CC2CC2C=C1c1cccc(-c2ccc(N(c3ccc4c(c3)C(Cc3ccccc3)(c3ccccc3)c3ccccc3-4)c3ccccc3-c3ccccc3)cc2)c1. The molecule has 0 N–H and O–H groups in total. The van der Waals surface area contributed by atoms with E-state index >= 15 is 0 Å². The molecule has 0 radical (unpaired) electrons. The van der Waals surface area contributed by atoms with Gasteiger partial charge < -0.3 is 4.90 Å². The Labute approximate surface area is 341 Å². The lowest BCUT2D eigenvalue weighted by atomic mass is 9.68. The van der Waals surface area contributed by atoms with Crippen molar-refractivity contribution in [3.05, 3.63) is 252 Å². The van der Waals surface area contributed by atoms with Crippen molar-refractivity contribution in [1.82, 2.24) is 0 Å². The van der Waals surface area contributed by atoms with Crippen molar-refractivity contribution in [3.63, 3.8) is 0 Å². The van der Waals surface area contributed by atoms with E-state index in [4.69, 9.17) is 0 Å². The molecule has 3 aliphatic carbocycles. The molecule has 11 rings (SSSR count). The monoisotopic (exact) mass is 741 g/mol. The highest BCUT2D eigenvalue weighted by atomic mass is 15.1. The molecular weight excluding hydrogens is 699 g/mol. The number of para-hydroxylation sites is 1. The van der Waals surface area contributed by atoms with Crippen molar-refractivity contribution in [2.24, 2.45) is 11.8 Å². The second kappa shape index (κ2) is 14.2. The number of allylic oxidation sites excluding steroid dienone is 4. The van der Waals surface area contributed by atoms with Crippen molar-refractivity contribution in [1.29, 1.82) is 0 Å². The van der Waals surface area contributed by atoms with Crippen LogP contribution in [-0.4, -0.2) is 0 Å². The van der Waals surface area contributed by atoms with Gasteiger partial charge in [0.1, 0.15) is 0 Å². The van der Waals surface area contributed by atoms with Gasteiger partial charge in [-0.15, -0.1) is 0 Å². The Morgan fingerprint density at radius 2 is 1.09 bits per heavy atom. The summed E-state index contributed by atoms with van der Waals surface area (Å²) in [4.78, 5) is 2.47. The summed E-state index contributed by atoms with van der Waals surface area (Å²) < 4.78 is 0. The largest absolute Gasteiger partial charge is 0.310 e. The lowest BCUT2D eigenvalue weighted by molar-refractivity contribution is 0.629. The van der Waals surface area contributed by atoms with Crippen LogP contribution in [0.5, 0.6) is 0 Å². The van der Waals surface area contributed by atoms with Crippen LogP contribution < -0.4 is 4.90 Å². The Kier molecular flexibility index (Phi) is 8.40. The molecule has 3 atom stereocenters. The number of nitrogens with zero attached hydrogens (tertiary/aromatic N) is 1. The molecule has 3 unspecified atom stereocenters. The minimum Gasteiger partial charge on any atom is -0.310 e. The third-order valence-electron chi connectivity index (χ3n) is 12.7. The lowest BCUT2D eigenvalue weighted by Crippen LogP contribution is -2.30. The van der Waals surface area contributed by atoms with Crippen molar-refractivity contribution in [2.45, 2.75) is 18.3 Å². The number of benzene rings is 8. The van der Waals surface area contributed by atoms with Crippen LogP contribution in [0.3, 0.4) is 0 Å². The Morgan fingerprint density at radius 1 is 0.448 bits per heavy atom. The molecule has 276 valence electrons. The zero-order valence-electron chi connectivity index (χ0n) is 32.4. The standard InChI is InChI=1S/C57H43N/c1-4-15-40(16-5-1)39-57(48-21-8-3-9-22-48)54-25-12-10-24-52(54)53-34-33-50(38-55(53)57)58(56-26-13-11-23-51(56)42-17-6-2-7-18-42)49-31-29-41(30-32-49)43-19-14-20-44(35-43)45-27-28-46-37-47(46)36-45/h1-36,38,46-47H,37,39H2. The molecule has 0 saturated heterocycles. The van der Waals surface area contributed by atoms with Crippen LogP contribution >= 0.6 is 0 Å². The minimum atomic E-state index is -0.382. The highest BCUT2D eigenvalue weighted by Crippen LogP contribution is 2.56. The summed E-state index contributed by atoms with van der Waals surface area (Å²) in [7, 11) is 0. The van der Waals surface area contributed by atoms with Crippen LogP contribution in [0.15, 0.2) is 224 Å². The predicted molar refractivity (Wildman–Crippen MR) is 243 cm³/mol. The molecule has 0 aliphatic heterocycles. The third-order valence-corrected chi connectivity index (χ3v) is 12.7. The Hall–Kier alpha value is -6.96. The van der Waals surface area contributed by atoms with E-state index in [1.165, 1.54) is 73.2 Å². The maximum Gasteiger partial charge on any atom is 0.0540 e. The number of fused-ring (bicyclic) bond motifs is 4. The molecule has 58 heavy (non-hydrogen) atoms. The van der Waals surface area contributed by atoms with E-state index < -0.39 is 0 Å². The van der Waals surface area contributed by atoms with Crippen molar-refractivity contribution in [3.8, 4) is 33.4 Å². The van der Waals surface area contributed by atoms with E-state index in [9.17, 15) is 0 Å². The van der Waals surface area contributed by atoms with Gasteiger partial charge in [0.2, 0.25) is 0 Å². The summed E-state index contributed by atoms with van der Waals surface area (Å²) >= 11 is 0. The number of hydrogen-bond acceptors (Lipinski definition) is 1. The van der Waals surface area contributed by atoms with E-state index in [2.05, 4.69) is 229 Å². The fraction of sp³-hybridized carbons (Fsp3) is 0.0877. The molecule has 0 bridgehead atoms. The van der Waals surface area contributed by atoms with Crippen molar-refractivity contribution in [2.75, 3.05) is 4.90 Å². The van der Waals surface area contributed by atoms with Gasteiger partial charge in [0.25, 0.3) is 0 Å². The first-order valence-electron chi connectivity index (χ1n) is 20.6. The van der Waals surface area contributed by atoms with E-state index in [1.807, 2.05) is 0 Å². The summed E-state index contributed by atoms with van der Waals surface area (Å²) in [5.41, 5.74) is 18.4. The average Bonchev–Trinajstić information content (AvgIpc) is 4.04. The van der Waals surface area contributed by atoms with Gasteiger partial charge in [-0.1, -0.05) is 188 Å². The normalized spacial score (nSPS) is 18.4. The highest BCUT2D eigenvalue weighted by Gasteiger charge is 2.45. The number of anilines is 3. The first-order valence-corrected chi connectivity index (χ1v) is 20.6. The Bertz CT molecular complexity index is 2830. The smallest absolute Gasteiger partial charge is 0.0540 e. The van der Waals surface area contributed by atoms with E-state index in [0.717, 1.165) is 35.3 Å². The average molecular weight is 742 g/mol. The zero-order chi connectivity index (χ0) is 38.5. The van der Waals surface area contributed by atoms with Crippen molar-refractivity contribution >= 4 is 22.6 Å². The molecule has 0 aromatic heterocycles. The molecule has 8 aromatic rings. The molecule has 1 saturated carbocycles. The molecule has 0 amide bonds. The maximum atomic E-state index is 2.49. The summed E-state index contributed by atoms with van der Waals surface area (Å²) in [6.07, 6.45) is 9.33. The van der Waals surface area contributed by atoms with Gasteiger partial charge in [-0.25, -0.2) is 0 Å². The van der Waals surface area contributed by atoms with Gasteiger partial charge in [-0.2, -0.15) is 0 Å². The molecule has 0 spiro atoms. The van der Waals surface area contributed by atoms with Crippen LogP contribution in [0, 0.1) is 11.8 Å². The van der Waals surface area contributed by atoms with Gasteiger partial charge in [0, 0.05) is 16.9 Å². The summed E-state index contributed by atoms with van der Waals surface area (Å²) in [6.45, 7) is 0. The van der Waals surface area contributed by atoms with E-state index in [1.54, 1.807) is 0 Å². The molecule has 8 aromatic carbocycles. The molecule has 3 aliphatic rings. The van der Waals surface area contributed by atoms with Gasteiger partial charge in [-0.3, -0.25) is 0 Å². The lowest BCUT2D eigenvalue weighted by Gasteiger charge is -2.35. The number of hydrogen-bond donors (Lipinski definition) is 0. The number of rotatable bonds is 9. The fourth-order valence-electron chi connectivity index (χ4n) is 9.72. The highest BCUT2D eigenvalue weighted by molar-refractivity contribution is 5.92. The van der Waals surface area contributed by atoms with Gasteiger partial charge in [0.05, 0.1) is 11.1 Å².